The van der Waals surface area contributed by atoms with Crippen molar-refractivity contribution >= 4 is 17.4 Å². The zero-order valence-corrected chi connectivity index (χ0v) is 20.7. The summed E-state index contributed by atoms with van der Waals surface area (Å²) in [6, 6.07) is 20.5. The normalized spacial score (nSPS) is 13.9. The fourth-order valence-corrected chi connectivity index (χ4v) is 4.04. The summed E-state index contributed by atoms with van der Waals surface area (Å²) in [5.74, 6) is 1.22. The SMILES string of the molecule is CC(C)Oc1ccccc1N1CCN(CC(=O)CNC(=O)c2cccnc2Oc2ccccc2)CC1. The number of carbonyl (C=O) groups is 2. The number of pyridine rings is 1. The number of nitrogens with one attached hydrogen (secondary N) is 1. The van der Waals surface area contributed by atoms with Crippen molar-refractivity contribution in [1.29, 1.82) is 0 Å². The van der Waals surface area contributed by atoms with E-state index in [2.05, 4.69) is 26.2 Å². The summed E-state index contributed by atoms with van der Waals surface area (Å²) < 4.78 is 11.7. The van der Waals surface area contributed by atoms with Crippen LogP contribution >= 0.6 is 0 Å². The number of carbonyl (C=O) groups excluding carboxylic acids is 2. The van der Waals surface area contributed by atoms with Crippen LogP contribution in [0.1, 0.15) is 24.2 Å². The van der Waals surface area contributed by atoms with Crippen LogP contribution in [-0.4, -0.2) is 66.9 Å². The first-order valence-corrected chi connectivity index (χ1v) is 12.2. The van der Waals surface area contributed by atoms with Gasteiger partial charge in [-0.3, -0.25) is 14.5 Å². The van der Waals surface area contributed by atoms with Gasteiger partial charge in [-0.15, -0.1) is 0 Å². The Labute approximate surface area is 211 Å². The van der Waals surface area contributed by atoms with E-state index in [4.69, 9.17) is 9.47 Å². The number of nitrogens with zero attached hydrogens (tertiary/aromatic N) is 3. The molecular weight excluding hydrogens is 456 g/mol. The lowest BCUT2D eigenvalue weighted by Crippen LogP contribution is -2.49. The van der Waals surface area contributed by atoms with Gasteiger partial charge in [0, 0.05) is 32.4 Å². The van der Waals surface area contributed by atoms with E-state index in [0.29, 0.717) is 12.3 Å². The van der Waals surface area contributed by atoms with Crippen molar-refractivity contribution < 1.29 is 19.1 Å². The Balaban J connectivity index is 1.26. The first kappa shape index (κ1) is 25.2. The van der Waals surface area contributed by atoms with Gasteiger partial charge in [-0.2, -0.15) is 0 Å². The second kappa shape index (κ2) is 12.2. The molecule has 2 aromatic carbocycles. The first-order chi connectivity index (χ1) is 17.5. The largest absolute Gasteiger partial charge is 0.489 e. The average Bonchev–Trinajstić information content (AvgIpc) is 2.89. The number of amides is 1. The summed E-state index contributed by atoms with van der Waals surface area (Å²) in [4.78, 5) is 33.9. The Kier molecular flexibility index (Phi) is 8.52. The maximum Gasteiger partial charge on any atom is 0.257 e. The van der Waals surface area contributed by atoms with E-state index in [0.717, 1.165) is 37.6 Å². The molecule has 4 rings (SSSR count). The Morgan fingerprint density at radius 2 is 1.67 bits per heavy atom. The summed E-state index contributed by atoms with van der Waals surface area (Å²) in [6.07, 6.45) is 1.67. The van der Waals surface area contributed by atoms with Crippen LogP contribution in [0.2, 0.25) is 0 Å². The molecule has 0 aliphatic carbocycles. The quantitative estimate of drug-likeness (QED) is 0.465. The maximum atomic E-state index is 12.7. The fourth-order valence-electron chi connectivity index (χ4n) is 4.04. The first-order valence-electron chi connectivity index (χ1n) is 12.2. The van der Waals surface area contributed by atoms with Crippen LogP contribution in [0.3, 0.4) is 0 Å². The number of ketones is 1. The van der Waals surface area contributed by atoms with Gasteiger partial charge in [-0.1, -0.05) is 30.3 Å². The Hall–Kier alpha value is -3.91. The molecule has 1 aliphatic heterocycles. The monoisotopic (exact) mass is 488 g/mol. The smallest absolute Gasteiger partial charge is 0.257 e. The summed E-state index contributed by atoms with van der Waals surface area (Å²) in [6.45, 7) is 7.39. The molecule has 2 heterocycles. The van der Waals surface area contributed by atoms with Crippen molar-refractivity contribution in [3.05, 3.63) is 78.5 Å². The molecule has 1 N–H and O–H groups in total. The van der Waals surface area contributed by atoms with E-state index in [1.165, 1.54) is 0 Å². The molecule has 0 radical (unpaired) electrons. The van der Waals surface area contributed by atoms with Gasteiger partial charge >= 0.3 is 0 Å². The second-order valence-electron chi connectivity index (χ2n) is 8.89. The third-order valence-corrected chi connectivity index (χ3v) is 5.76. The molecule has 0 unspecified atom stereocenters. The highest BCUT2D eigenvalue weighted by Gasteiger charge is 2.22. The molecule has 1 aliphatic rings. The highest BCUT2D eigenvalue weighted by Crippen LogP contribution is 2.29. The molecule has 8 nitrogen and oxygen atoms in total. The van der Waals surface area contributed by atoms with Crippen LogP contribution in [0.25, 0.3) is 0 Å². The summed E-state index contributed by atoms with van der Waals surface area (Å²) in [5, 5.41) is 2.71. The number of benzene rings is 2. The van der Waals surface area contributed by atoms with E-state index < -0.39 is 5.91 Å². The van der Waals surface area contributed by atoms with E-state index in [1.807, 2.05) is 50.2 Å². The molecule has 1 fully saturated rings. The lowest BCUT2D eigenvalue weighted by Gasteiger charge is -2.36. The van der Waals surface area contributed by atoms with Gasteiger partial charge in [-0.05, 0) is 50.2 Å². The number of rotatable bonds is 10. The highest BCUT2D eigenvalue weighted by atomic mass is 16.5. The van der Waals surface area contributed by atoms with Gasteiger partial charge in [-0.25, -0.2) is 4.98 Å². The number of para-hydroxylation sites is 3. The number of ether oxygens (including phenoxy) is 2. The Bertz CT molecular complexity index is 1160. The molecule has 3 aromatic rings. The minimum absolute atomic E-state index is 0.0465. The van der Waals surface area contributed by atoms with Crippen LogP contribution in [-0.2, 0) is 4.79 Å². The van der Waals surface area contributed by atoms with Gasteiger partial charge in [0.1, 0.15) is 17.1 Å². The fraction of sp³-hybridized carbons (Fsp3) is 0.321. The van der Waals surface area contributed by atoms with Gasteiger partial charge < -0.3 is 19.7 Å². The standard InChI is InChI=1S/C28H32N4O4/c1-21(2)35-26-13-7-6-12-25(26)32-17-15-31(16-18-32)20-22(33)19-30-27(34)24-11-8-14-29-28(24)36-23-9-4-3-5-10-23/h3-14,21H,15-20H2,1-2H3,(H,30,34). The summed E-state index contributed by atoms with van der Waals surface area (Å²) in [7, 11) is 0. The van der Waals surface area contributed by atoms with Crippen LogP contribution in [0.4, 0.5) is 5.69 Å². The minimum atomic E-state index is -0.394. The number of hydrogen-bond acceptors (Lipinski definition) is 7. The lowest BCUT2D eigenvalue weighted by molar-refractivity contribution is -0.119. The molecule has 8 heteroatoms. The molecule has 188 valence electrons. The van der Waals surface area contributed by atoms with Crippen molar-refractivity contribution in [1.82, 2.24) is 15.2 Å². The third-order valence-electron chi connectivity index (χ3n) is 5.76. The molecule has 1 amide bonds. The minimum Gasteiger partial charge on any atom is -0.489 e. The lowest BCUT2D eigenvalue weighted by atomic mass is 10.2. The van der Waals surface area contributed by atoms with Gasteiger partial charge in [0.05, 0.1) is 24.9 Å². The second-order valence-corrected chi connectivity index (χ2v) is 8.89. The van der Waals surface area contributed by atoms with Crippen molar-refractivity contribution in [2.24, 2.45) is 0 Å². The summed E-state index contributed by atoms with van der Waals surface area (Å²) in [5.41, 5.74) is 1.36. The molecule has 36 heavy (non-hydrogen) atoms. The number of aromatic nitrogens is 1. The predicted octanol–water partition coefficient (Wildman–Crippen LogP) is 3.78. The zero-order valence-electron chi connectivity index (χ0n) is 20.7. The Morgan fingerprint density at radius 3 is 2.42 bits per heavy atom. The predicted molar refractivity (Wildman–Crippen MR) is 139 cm³/mol. The van der Waals surface area contributed by atoms with Crippen molar-refractivity contribution in [2.75, 3.05) is 44.2 Å². The number of piperazine rings is 1. The topological polar surface area (TPSA) is 84.0 Å². The van der Waals surface area contributed by atoms with Crippen molar-refractivity contribution in [2.45, 2.75) is 20.0 Å². The summed E-state index contributed by atoms with van der Waals surface area (Å²) >= 11 is 0. The van der Waals surface area contributed by atoms with Gasteiger partial charge in [0.15, 0.2) is 5.78 Å². The maximum absolute atomic E-state index is 12.7. The van der Waals surface area contributed by atoms with Crippen molar-refractivity contribution in [3.63, 3.8) is 0 Å². The van der Waals surface area contributed by atoms with Gasteiger partial charge in [0.2, 0.25) is 5.88 Å². The van der Waals surface area contributed by atoms with E-state index in [-0.39, 0.29) is 29.9 Å². The van der Waals surface area contributed by atoms with E-state index in [1.54, 1.807) is 30.5 Å². The number of anilines is 1. The van der Waals surface area contributed by atoms with E-state index in [9.17, 15) is 9.59 Å². The molecule has 0 bridgehead atoms. The van der Waals surface area contributed by atoms with Crippen molar-refractivity contribution in [3.8, 4) is 17.4 Å². The van der Waals surface area contributed by atoms with Crippen LogP contribution in [0.15, 0.2) is 72.9 Å². The molecule has 1 aromatic heterocycles. The van der Waals surface area contributed by atoms with Crippen LogP contribution in [0.5, 0.6) is 17.4 Å². The molecule has 0 atom stereocenters. The molecule has 0 saturated carbocycles. The molecular formula is C28H32N4O4. The van der Waals surface area contributed by atoms with Gasteiger partial charge in [0.25, 0.3) is 5.91 Å². The number of hydrogen-bond donors (Lipinski definition) is 1. The molecule has 0 spiro atoms. The Morgan fingerprint density at radius 1 is 0.944 bits per heavy atom. The third kappa shape index (κ3) is 6.82. The van der Waals surface area contributed by atoms with Crippen LogP contribution in [0, 0.1) is 0 Å². The average molecular weight is 489 g/mol. The van der Waals surface area contributed by atoms with Crippen LogP contribution < -0.4 is 19.7 Å². The number of Topliss-reactive ketones (excluding diaryl/α,β-unsaturated/α-hetero) is 1. The highest BCUT2D eigenvalue weighted by molar-refractivity contribution is 5.98. The zero-order chi connectivity index (χ0) is 25.3. The van der Waals surface area contributed by atoms with E-state index >= 15 is 0 Å². The molecule has 1 saturated heterocycles.